The first-order valence-corrected chi connectivity index (χ1v) is 15.8. The van der Waals surface area contributed by atoms with Gasteiger partial charge in [0.25, 0.3) is 15.9 Å². The molecule has 226 valence electrons. The fourth-order valence-corrected chi connectivity index (χ4v) is 6.26. The minimum Gasteiger partial charge on any atom is -0.496 e. The lowest BCUT2D eigenvalue weighted by Crippen LogP contribution is -2.31. The molecule has 0 atom stereocenters. The second kappa shape index (κ2) is 13.7. The van der Waals surface area contributed by atoms with Crippen molar-refractivity contribution in [2.75, 3.05) is 21.2 Å². The van der Waals surface area contributed by atoms with E-state index in [1.54, 1.807) is 56.3 Å². The van der Waals surface area contributed by atoms with Crippen molar-refractivity contribution in [3.63, 3.8) is 0 Å². The van der Waals surface area contributed by atoms with Gasteiger partial charge >= 0.3 is 0 Å². The van der Waals surface area contributed by atoms with Gasteiger partial charge in [-0.1, -0.05) is 49.4 Å². The van der Waals surface area contributed by atoms with Crippen molar-refractivity contribution in [1.82, 2.24) is 14.2 Å². The average molecular weight is 602 g/mol. The molecule has 1 aromatic heterocycles. The molecular formula is C34H39N3O5S. The third kappa shape index (κ3) is 7.53. The molecule has 2 amide bonds. The van der Waals surface area contributed by atoms with Crippen LogP contribution in [0.1, 0.15) is 58.8 Å². The maximum atomic E-state index is 13.0. The highest BCUT2D eigenvalue weighted by atomic mass is 32.2. The molecule has 0 aliphatic heterocycles. The lowest BCUT2D eigenvalue weighted by atomic mass is 10.0. The molecule has 8 nitrogen and oxygen atoms in total. The standard InChI is InChI=1S/C34H39N3O5S/c1-6-19-37-23-28(29-20-25(15-18-30(29)37)12-8-10-14-33(38)36(3)4)21-26-16-17-27(22-31(26)42-5)34(39)35-43(40,41)32-13-9-7-11-24(32)2/h7-9,11-13,15-18,20,22-23H,6,10,14,19,21H2,1-5H3,(H,35,39). The van der Waals surface area contributed by atoms with E-state index in [9.17, 15) is 18.0 Å². The lowest BCUT2D eigenvalue weighted by molar-refractivity contribution is -0.128. The van der Waals surface area contributed by atoms with Crippen molar-refractivity contribution in [2.45, 2.75) is 51.0 Å². The Labute approximate surface area is 254 Å². The Kier molecular flexibility index (Phi) is 10.1. The van der Waals surface area contributed by atoms with E-state index in [0.717, 1.165) is 40.6 Å². The van der Waals surface area contributed by atoms with E-state index in [4.69, 9.17) is 4.74 Å². The highest BCUT2D eigenvalue weighted by molar-refractivity contribution is 7.90. The molecule has 0 fully saturated rings. The van der Waals surface area contributed by atoms with Gasteiger partial charge in [0, 0.05) is 56.1 Å². The summed E-state index contributed by atoms with van der Waals surface area (Å²) >= 11 is 0. The molecule has 4 aromatic rings. The first kappa shape index (κ1) is 31.6. The van der Waals surface area contributed by atoms with E-state index >= 15 is 0 Å². The Bertz CT molecular complexity index is 1770. The zero-order valence-electron chi connectivity index (χ0n) is 25.4. The van der Waals surface area contributed by atoms with Crippen molar-refractivity contribution in [1.29, 1.82) is 0 Å². The number of rotatable bonds is 12. The molecule has 0 aliphatic rings. The first-order chi connectivity index (χ1) is 20.5. The van der Waals surface area contributed by atoms with Crippen LogP contribution in [-0.4, -0.2) is 50.9 Å². The largest absolute Gasteiger partial charge is 0.496 e. The molecule has 0 aliphatic carbocycles. The van der Waals surface area contributed by atoms with Crippen LogP contribution in [0.15, 0.2) is 77.8 Å². The SMILES string of the molecule is CCCn1cc(Cc2ccc(C(=O)NS(=O)(=O)c3ccccc3C)cc2OC)c2cc(C=CCCC(=O)N(C)C)ccc21. The summed E-state index contributed by atoms with van der Waals surface area (Å²) in [4.78, 5) is 26.5. The van der Waals surface area contributed by atoms with Gasteiger partial charge in [0.15, 0.2) is 0 Å². The third-order valence-corrected chi connectivity index (χ3v) is 8.82. The van der Waals surface area contributed by atoms with Crippen LogP contribution in [0.2, 0.25) is 0 Å². The van der Waals surface area contributed by atoms with E-state index in [0.29, 0.717) is 30.6 Å². The summed E-state index contributed by atoms with van der Waals surface area (Å²) in [5.74, 6) is -0.125. The Balaban J connectivity index is 1.59. The number of carbonyl (C=O) groups is 2. The van der Waals surface area contributed by atoms with Gasteiger partial charge in [-0.2, -0.15) is 0 Å². The second-order valence-electron chi connectivity index (χ2n) is 10.8. The quantitative estimate of drug-likeness (QED) is 0.216. The number of hydrogen-bond acceptors (Lipinski definition) is 5. The molecule has 0 saturated heterocycles. The predicted molar refractivity (Wildman–Crippen MR) is 171 cm³/mol. The number of fused-ring (bicyclic) bond motifs is 1. The van der Waals surface area contributed by atoms with Gasteiger partial charge in [-0.25, -0.2) is 13.1 Å². The van der Waals surface area contributed by atoms with Crippen LogP contribution in [0.25, 0.3) is 17.0 Å². The third-order valence-electron chi connectivity index (χ3n) is 7.33. The normalized spacial score (nSPS) is 11.7. The summed E-state index contributed by atoms with van der Waals surface area (Å²) in [6, 6.07) is 17.9. The summed E-state index contributed by atoms with van der Waals surface area (Å²) in [6.07, 6.45) is 8.91. The topological polar surface area (TPSA) is 97.7 Å². The monoisotopic (exact) mass is 601 g/mol. The highest BCUT2D eigenvalue weighted by Crippen LogP contribution is 2.30. The molecule has 0 saturated carbocycles. The number of benzene rings is 3. The molecule has 1 heterocycles. The maximum Gasteiger partial charge on any atom is 0.265 e. The summed E-state index contributed by atoms with van der Waals surface area (Å²) in [7, 11) is 1.03. The van der Waals surface area contributed by atoms with Gasteiger partial charge in [0.1, 0.15) is 5.75 Å². The lowest BCUT2D eigenvalue weighted by Gasteiger charge is -2.12. The minimum atomic E-state index is -4.03. The molecule has 4 rings (SSSR count). The fourth-order valence-electron chi connectivity index (χ4n) is 5.04. The van der Waals surface area contributed by atoms with Crippen LogP contribution in [0, 0.1) is 6.92 Å². The zero-order chi connectivity index (χ0) is 31.1. The van der Waals surface area contributed by atoms with Gasteiger partial charge in [-0.3, -0.25) is 9.59 Å². The minimum absolute atomic E-state index is 0.0617. The van der Waals surface area contributed by atoms with E-state index in [-0.39, 0.29) is 16.4 Å². The van der Waals surface area contributed by atoms with Crippen molar-refractivity contribution in [3.8, 4) is 5.75 Å². The number of nitrogens with zero attached hydrogens (tertiary/aromatic N) is 2. The van der Waals surface area contributed by atoms with E-state index < -0.39 is 15.9 Å². The summed E-state index contributed by atoms with van der Waals surface area (Å²) < 4.78 is 35.8. The van der Waals surface area contributed by atoms with Gasteiger partial charge in [0.2, 0.25) is 5.91 Å². The van der Waals surface area contributed by atoms with Crippen LogP contribution in [-0.2, 0) is 27.8 Å². The number of methoxy groups -OCH3 is 1. The first-order valence-electron chi connectivity index (χ1n) is 14.3. The van der Waals surface area contributed by atoms with Crippen molar-refractivity contribution in [2.24, 2.45) is 0 Å². The van der Waals surface area contributed by atoms with Gasteiger partial charge < -0.3 is 14.2 Å². The van der Waals surface area contributed by atoms with Crippen molar-refractivity contribution >= 4 is 38.8 Å². The maximum absolute atomic E-state index is 13.0. The Morgan fingerprint density at radius 2 is 1.79 bits per heavy atom. The van der Waals surface area contributed by atoms with Crippen LogP contribution in [0.3, 0.4) is 0 Å². The Hall–Kier alpha value is -4.37. The average Bonchev–Trinajstić information content (AvgIpc) is 3.31. The molecule has 0 radical (unpaired) electrons. The Morgan fingerprint density at radius 1 is 1.02 bits per heavy atom. The number of hydrogen-bond donors (Lipinski definition) is 1. The van der Waals surface area contributed by atoms with E-state index in [2.05, 4.69) is 40.6 Å². The number of amides is 2. The Morgan fingerprint density at radius 3 is 2.49 bits per heavy atom. The van der Waals surface area contributed by atoms with E-state index in [1.807, 2.05) is 18.2 Å². The number of sulfonamides is 1. The summed E-state index contributed by atoms with van der Waals surface area (Å²) in [5.41, 5.74) is 4.91. The molecule has 9 heteroatoms. The molecule has 0 spiro atoms. The number of aromatic nitrogens is 1. The van der Waals surface area contributed by atoms with Crippen LogP contribution in [0.4, 0.5) is 0 Å². The number of allylic oxidation sites excluding steroid dienone is 1. The summed E-state index contributed by atoms with van der Waals surface area (Å²) in [6.45, 7) is 4.70. The smallest absolute Gasteiger partial charge is 0.265 e. The summed E-state index contributed by atoms with van der Waals surface area (Å²) in [5, 5.41) is 1.12. The number of aryl methyl sites for hydroxylation is 2. The molecule has 1 N–H and O–H groups in total. The van der Waals surface area contributed by atoms with Crippen molar-refractivity contribution < 1.29 is 22.7 Å². The highest BCUT2D eigenvalue weighted by Gasteiger charge is 2.21. The van der Waals surface area contributed by atoms with Crippen LogP contribution in [0.5, 0.6) is 5.75 Å². The van der Waals surface area contributed by atoms with Gasteiger partial charge in [0.05, 0.1) is 12.0 Å². The van der Waals surface area contributed by atoms with Crippen LogP contribution >= 0.6 is 0 Å². The van der Waals surface area contributed by atoms with Crippen molar-refractivity contribution in [3.05, 3.63) is 101 Å². The predicted octanol–water partition coefficient (Wildman–Crippen LogP) is 5.96. The molecule has 0 bridgehead atoms. The fraction of sp³-hybridized carbons (Fsp3) is 0.294. The molecule has 43 heavy (non-hydrogen) atoms. The number of nitrogens with one attached hydrogen (secondary N) is 1. The number of ether oxygens (including phenoxy) is 1. The van der Waals surface area contributed by atoms with Crippen LogP contribution < -0.4 is 9.46 Å². The number of carbonyl (C=O) groups excluding carboxylic acids is 2. The zero-order valence-corrected chi connectivity index (χ0v) is 26.2. The van der Waals surface area contributed by atoms with Gasteiger partial charge in [-0.15, -0.1) is 0 Å². The molecule has 3 aromatic carbocycles. The second-order valence-corrected chi connectivity index (χ2v) is 12.4. The molecule has 0 unspecified atom stereocenters. The molecular weight excluding hydrogens is 562 g/mol. The van der Waals surface area contributed by atoms with E-state index in [1.165, 1.54) is 13.2 Å². The van der Waals surface area contributed by atoms with Gasteiger partial charge in [-0.05, 0) is 72.4 Å².